The van der Waals surface area contributed by atoms with E-state index in [4.69, 9.17) is 16.9 Å². The van der Waals surface area contributed by atoms with Crippen LogP contribution < -0.4 is 5.56 Å². The normalized spacial score (nSPS) is 10.4. The number of nitrogens with zero attached hydrogens (tertiary/aromatic N) is 2. The quantitative estimate of drug-likeness (QED) is 0.744. The van der Waals surface area contributed by atoms with Gasteiger partial charge < -0.3 is 4.57 Å². The molecule has 1 heterocycles. The Hall–Kier alpha value is -1.53. The van der Waals surface area contributed by atoms with Crippen molar-refractivity contribution in [3.63, 3.8) is 0 Å². The Kier molecular flexibility index (Phi) is 3.49. The highest BCUT2D eigenvalue weighted by Crippen LogP contribution is 1.98. The SMILES string of the molecule is Cc1ccc(C#N)c(=O)n1C/C=C/Cl. The summed E-state index contributed by atoms with van der Waals surface area (Å²) in [4.78, 5) is 11.6. The molecule has 0 bridgehead atoms. The summed E-state index contributed by atoms with van der Waals surface area (Å²) < 4.78 is 1.50. The predicted molar refractivity (Wildman–Crippen MR) is 55.1 cm³/mol. The van der Waals surface area contributed by atoms with Crippen LogP contribution in [0.5, 0.6) is 0 Å². The summed E-state index contributed by atoms with van der Waals surface area (Å²) in [5, 5.41) is 8.65. The topological polar surface area (TPSA) is 45.8 Å². The van der Waals surface area contributed by atoms with Crippen LogP contribution in [0.4, 0.5) is 0 Å². The standard InChI is InChI=1S/C10H9ClN2O/c1-8-3-4-9(7-12)10(14)13(8)6-2-5-11/h2-5H,6H2,1H3/b5-2+. The fraction of sp³-hybridized carbons (Fsp3) is 0.200. The van der Waals surface area contributed by atoms with Gasteiger partial charge in [0.2, 0.25) is 0 Å². The maximum absolute atomic E-state index is 11.6. The molecule has 0 radical (unpaired) electrons. The number of hydrogen-bond acceptors (Lipinski definition) is 2. The average Bonchev–Trinajstić information content (AvgIpc) is 2.18. The van der Waals surface area contributed by atoms with E-state index in [-0.39, 0.29) is 11.1 Å². The summed E-state index contributed by atoms with van der Waals surface area (Å²) >= 11 is 5.37. The minimum atomic E-state index is -0.276. The van der Waals surface area contributed by atoms with Gasteiger partial charge in [0.05, 0.1) is 0 Å². The van der Waals surface area contributed by atoms with Crippen LogP contribution in [0.1, 0.15) is 11.3 Å². The molecule has 0 aliphatic rings. The second-order valence-corrected chi connectivity index (χ2v) is 3.03. The lowest BCUT2D eigenvalue weighted by Crippen LogP contribution is -2.23. The zero-order valence-corrected chi connectivity index (χ0v) is 8.45. The van der Waals surface area contributed by atoms with E-state index in [1.165, 1.54) is 16.2 Å². The molecule has 0 fully saturated rings. The third-order valence-corrected chi connectivity index (χ3v) is 2.07. The average molecular weight is 209 g/mol. The van der Waals surface area contributed by atoms with E-state index in [1.54, 1.807) is 12.1 Å². The summed E-state index contributed by atoms with van der Waals surface area (Å²) in [6.45, 7) is 2.20. The molecule has 0 aliphatic heterocycles. The number of pyridine rings is 1. The Morgan fingerprint density at radius 1 is 1.64 bits per heavy atom. The van der Waals surface area contributed by atoms with Crippen LogP contribution in [0.15, 0.2) is 28.5 Å². The first kappa shape index (κ1) is 10.6. The van der Waals surface area contributed by atoms with Gasteiger partial charge in [0.25, 0.3) is 5.56 Å². The summed E-state index contributed by atoms with van der Waals surface area (Å²) in [5.74, 6) is 0. The molecule has 0 aromatic carbocycles. The zero-order valence-electron chi connectivity index (χ0n) is 7.70. The third kappa shape index (κ3) is 2.04. The van der Waals surface area contributed by atoms with Gasteiger partial charge in [0.1, 0.15) is 11.6 Å². The van der Waals surface area contributed by atoms with E-state index >= 15 is 0 Å². The van der Waals surface area contributed by atoms with Crippen molar-refractivity contribution in [2.75, 3.05) is 0 Å². The van der Waals surface area contributed by atoms with Crippen LogP contribution in [-0.2, 0) is 6.54 Å². The molecule has 0 saturated heterocycles. The molecule has 72 valence electrons. The molecule has 0 atom stereocenters. The number of aryl methyl sites for hydroxylation is 1. The number of nitriles is 1. The van der Waals surface area contributed by atoms with Crippen molar-refractivity contribution in [1.29, 1.82) is 5.26 Å². The van der Waals surface area contributed by atoms with Crippen molar-refractivity contribution in [3.8, 4) is 6.07 Å². The van der Waals surface area contributed by atoms with Gasteiger partial charge in [-0.2, -0.15) is 5.26 Å². The van der Waals surface area contributed by atoms with E-state index in [9.17, 15) is 4.79 Å². The van der Waals surface area contributed by atoms with E-state index < -0.39 is 0 Å². The molecule has 1 aromatic heterocycles. The van der Waals surface area contributed by atoms with Gasteiger partial charge in [-0.15, -0.1) is 0 Å². The summed E-state index contributed by atoms with van der Waals surface area (Å²) in [6.07, 6.45) is 1.65. The molecule has 0 aliphatic carbocycles. The molecule has 0 saturated carbocycles. The molecular weight excluding hydrogens is 200 g/mol. The predicted octanol–water partition coefficient (Wildman–Crippen LogP) is 1.78. The van der Waals surface area contributed by atoms with Crippen molar-refractivity contribution in [2.24, 2.45) is 0 Å². The lowest BCUT2D eigenvalue weighted by Gasteiger charge is -2.06. The maximum atomic E-state index is 11.6. The third-order valence-electron chi connectivity index (χ3n) is 1.89. The minimum Gasteiger partial charge on any atom is -0.308 e. The molecule has 0 unspecified atom stereocenters. The monoisotopic (exact) mass is 208 g/mol. The molecule has 14 heavy (non-hydrogen) atoms. The van der Waals surface area contributed by atoms with E-state index in [1.807, 2.05) is 13.0 Å². The van der Waals surface area contributed by atoms with Gasteiger partial charge in [-0.1, -0.05) is 17.7 Å². The first-order valence-electron chi connectivity index (χ1n) is 4.06. The van der Waals surface area contributed by atoms with Crippen LogP contribution in [-0.4, -0.2) is 4.57 Å². The lowest BCUT2D eigenvalue weighted by molar-refractivity contribution is 0.745. The minimum absolute atomic E-state index is 0.151. The largest absolute Gasteiger partial charge is 0.308 e. The zero-order chi connectivity index (χ0) is 10.6. The lowest BCUT2D eigenvalue weighted by atomic mass is 10.2. The Morgan fingerprint density at radius 3 is 2.93 bits per heavy atom. The molecule has 0 amide bonds. The van der Waals surface area contributed by atoms with Gasteiger partial charge in [-0.3, -0.25) is 4.79 Å². The van der Waals surface area contributed by atoms with Gasteiger partial charge in [-0.05, 0) is 19.1 Å². The Labute approximate surface area is 86.9 Å². The molecule has 3 nitrogen and oxygen atoms in total. The Balaban J connectivity index is 3.27. The first-order chi connectivity index (χ1) is 6.70. The van der Waals surface area contributed by atoms with E-state index in [2.05, 4.69) is 0 Å². The first-order valence-corrected chi connectivity index (χ1v) is 4.50. The highest BCUT2D eigenvalue weighted by atomic mass is 35.5. The van der Waals surface area contributed by atoms with Gasteiger partial charge in [0, 0.05) is 17.8 Å². The van der Waals surface area contributed by atoms with Crippen LogP contribution >= 0.6 is 11.6 Å². The molecule has 4 heteroatoms. The van der Waals surface area contributed by atoms with Crippen molar-refractivity contribution in [3.05, 3.63) is 45.4 Å². The van der Waals surface area contributed by atoms with E-state index in [0.29, 0.717) is 6.54 Å². The fourth-order valence-electron chi connectivity index (χ4n) is 1.13. The Morgan fingerprint density at radius 2 is 2.36 bits per heavy atom. The maximum Gasteiger partial charge on any atom is 0.268 e. The van der Waals surface area contributed by atoms with Crippen molar-refractivity contribution in [1.82, 2.24) is 4.57 Å². The summed E-state index contributed by atoms with van der Waals surface area (Å²) in [5.41, 5.74) is 2.04. The second-order valence-electron chi connectivity index (χ2n) is 2.78. The highest BCUT2D eigenvalue weighted by molar-refractivity contribution is 6.25. The highest BCUT2D eigenvalue weighted by Gasteiger charge is 2.03. The van der Waals surface area contributed by atoms with Crippen LogP contribution in [0.25, 0.3) is 0 Å². The number of hydrogen-bond donors (Lipinski definition) is 0. The number of allylic oxidation sites excluding steroid dienone is 1. The Bertz CT molecular complexity index is 454. The fourth-order valence-corrected chi connectivity index (χ4v) is 1.21. The molecule has 1 aromatic rings. The molecule has 1 rings (SSSR count). The van der Waals surface area contributed by atoms with Crippen LogP contribution in [0.2, 0.25) is 0 Å². The smallest absolute Gasteiger partial charge is 0.268 e. The number of halogens is 1. The molecule has 0 spiro atoms. The number of aromatic nitrogens is 1. The van der Waals surface area contributed by atoms with Gasteiger partial charge in [0.15, 0.2) is 0 Å². The van der Waals surface area contributed by atoms with Gasteiger partial charge >= 0.3 is 0 Å². The summed E-state index contributed by atoms with van der Waals surface area (Å²) in [6, 6.07) is 5.11. The van der Waals surface area contributed by atoms with E-state index in [0.717, 1.165) is 5.69 Å². The van der Waals surface area contributed by atoms with Crippen molar-refractivity contribution < 1.29 is 0 Å². The summed E-state index contributed by atoms with van der Waals surface area (Å²) in [7, 11) is 0. The molecule has 0 N–H and O–H groups in total. The van der Waals surface area contributed by atoms with Crippen LogP contribution in [0, 0.1) is 18.3 Å². The van der Waals surface area contributed by atoms with Gasteiger partial charge in [-0.25, -0.2) is 0 Å². The van der Waals surface area contributed by atoms with Crippen molar-refractivity contribution >= 4 is 11.6 Å². The van der Waals surface area contributed by atoms with Crippen LogP contribution in [0.3, 0.4) is 0 Å². The molecular formula is C10H9ClN2O. The second kappa shape index (κ2) is 4.64. The van der Waals surface area contributed by atoms with Crippen molar-refractivity contribution in [2.45, 2.75) is 13.5 Å². The number of rotatable bonds is 2.